The largest absolute Gasteiger partial charge is 0.461 e. The summed E-state index contributed by atoms with van der Waals surface area (Å²) in [7, 11) is 0. The van der Waals surface area contributed by atoms with Crippen LogP contribution in [-0.2, 0) is 14.3 Å². The third-order valence-electron chi connectivity index (χ3n) is 1.27. The van der Waals surface area contributed by atoms with Crippen LogP contribution in [0.4, 0.5) is 0 Å². The molecule has 1 aliphatic heterocycles. The van der Waals surface area contributed by atoms with E-state index in [0.29, 0.717) is 24.4 Å². The van der Waals surface area contributed by atoms with Crippen LogP contribution in [0.3, 0.4) is 0 Å². The lowest BCUT2D eigenvalue weighted by molar-refractivity contribution is -0.137. The number of thioether (sulfide) groups is 1. The summed E-state index contributed by atoms with van der Waals surface area (Å²) in [5, 5.41) is 0.305. The Hall–Kier alpha value is -0.480. The Morgan fingerprint density at radius 3 is 3.27 bits per heavy atom. The van der Waals surface area contributed by atoms with Crippen LogP contribution >= 0.6 is 11.8 Å². The molecule has 0 aliphatic carbocycles. The maximum atomic E-state index is 10.6. The Morgan fingerprint density at radius 2 is 2.73 bits per heavy atom. The molecular weight excluding hydrogens is 164 g/mol. The van der Waals surface area contributed by atoms with Gasteiger partial charge in [-0.05, 0) is 0 Å². The second kappa shape index (κ2) is 4.41. The van der Waals surface area contributed by atoms with Crippen molar-refractivity contribution in [3.05, 3.63) is 12.7 Å². The molecule has 0 radical (unpaired) electrons. The second-order valence-corrected chi connectivity index (χ2v) is 3.35. The fourth-order valence-corrected chi connectivity index (χ4v) is 1.44. The maximum Gasteiger partial charge on any atom is 0.330 e. The molecule has 1 heterocycles. The van der Waals surface area contributed by atoms with Crippen molar-refractivity contribution in [2.24, 2.45) is 0 Å². The topological polar surface area (TPSA) is 35.5 Å². The number of hydrogen-bond acceptors (Lipinski definition) is 4. The zero-order valence-corrected chi connectivity index (χ0v) is 6.93. The number of ether oxygens (including phenoxy) is 2. The van der Waals surface area contributed by atoms with Crippen LogP contribution < -0.4 is 0 Å². The summed E-state index contributed by atoms with van der Waals surface area (Å²) in [6.45, 7) is 4.40. The van der Waals surface area contributed by atoms with Crippen LogP contribution in [0.5, 0.6) is 0 Å². The van der Waals surface area contributed by atoms with Crippen molar-refractivity contribution in [2.45, 2.75) is 5.25 Å². The molecule has 62 valence electrons. The van der Waals surface area contributed by atoms with Gasteiger partial charge >= 0.3 is 5.97 Å². The van der Waals surface area contributed by atoms with E-state index in [0.717, 1.165) is 0 Å². The first-order chi connectivity index (χ1) is 5.33. The number of esters is 1. The summed E-state index contributed by atoms with van der Waals surface area (Å²) in [4.78, 5) is 10.6. The minimum Gasteiger partial charge on any atom is -0.461 e. The molecule has 0 saturated carbocycles. The van der Waals surface area contributed by atoms with Gasteiger partial charge in [-0.1, -0.05) is 6.58 Å². The molecule has 0 aromatic carbocycles. The van der Waals surface area contributed by atoms with Crippen LogP contribution in [0.1, 0.15) is 0 Å². The first-order valence-corrected chi connectivity index (χ1v) is 4.36. The average molecular weight is 174 g/mol. The molecule has 0 aromatic heterocycles. The molecule has 1 rings (SSSR count). The molecule has 1 fully saturated rings. The lowest BCUT2D eigenvalue weighted by Gasteiger charge is -2.05. The van der Waals surface area contributed by atoms with Crippen molar-refractivity contribution < 1.29 is 14.3 Å². The molecule has 11 heavy (non-hydrogen) atoms. The van der Waals surface area contributed by atoms with Gasteiger partial charge < -0.3 is 9.47 Å². The number of rotatable bonds is 3. The van der Waals surface area contributed by atoms with Gasteiger partial charge in [0.25, 0.3) is 0 Å². The molecule has 1 atom stereocenters. The highest BCUT2D eigenvalue weighted by Gasteiger charge is 2.17. The smallest absolute Gasteiger partial charge is 0.330 e. The Kier molecular flexibility index (Phi) is 3.45. The number of carbonyl (C=O) groups excluding carboxylic acids is 1. The molecule has 0 aromatic rings. The quantitative estimate of drug-likeness (QED) is 0.468. The minimum absolute atomic E-state index is 0.305. The predicted octanol–water partition coefficient (Wildman–Crippen LogP) is 0.805. The van der Waals surface area contributed by atoms with Gasteiger partial charge in [0.05, 0.1) is 17.8 Å². The fraction of sp³-hybridized carbons (Fsp3) is 0.571. The van der Waals surface area contributed by atoms with E-state index in [4.69, 9.17) is 9.47 Å². The van der Waals surface area contributed by atoms with Gasteiger partial charge in [0.2, 0.25) is 0 Å². The van der Waals surface area contributed by atoms with Gasteiger partial charge in [0.15, 0.2) is 0 Å². The van der Waals surface area contributed by atoms with Crippen LogP contribution in [0.2, 0.25) is 0 Å². The van der Waals surface area contributed by atoms with Crippen molar-refractivity contribution in [2.75, 3.05) is 19.2 Å². The van der Waals surface area contributed by atoms with Gasteiger partial charge in [0, 0.05) is 6.08 Å². The molecule has 0 amide bonds. The van der Waals surface area contributed by atoms with E-state index in [9.17, 15) is 4.79 Å². The van der Waals surface area contributed by atoms with Crippen molar-refractivity contribution in [1.82, 2.24) is 0 Å². The van der Waals surface area contributed by atoms with Gasteiger partial charge in [-0.25, -0.2) is 4.79 Å². The number of carbonyl (C=O) groups is 1. The molecule has 4 heteroatoms. The Labute approximate surface area is 69.7 Å². The summed E-state index contributed by atoms with van der Waals surface area (Å²) in [5.41, 5.74) is 0. The zero-order chi connectivity index (χ0) is 8.10. The van der Waals surface area contributed by atoms with Crippen molar-refractivity contribution in [3.63, 3.8) is 0 Å². The highest BCUT2D eigenvalue weighted by atomic mass is 32.2. The fourth-order valence-electron chi connectivity index (χ4n) is 0.702. The highest BCUT2D eigenvalue weighted by molar-refractivity contribution is 8.00. The predicted molar refractivity (Wildman–Crippen MR) is 43.4 cm³/mol. The zero-order valence-electron chi connectivity index (χ0n) is 6.12. The maximum absolute atomic E-state index is 10.6. The normalized spacial score (nSPS) is 23.1. The average Bonchev–Trinajstić information content (AvgIpc) is 2.52. The lowest BCUT2D eigenvalue weighted by Crippen LogP contribution is -2.15. The van der Waals surface area contributed by atoms with E-state index in [1.807, 2.05) is 0 Å². The molecule has 1 aliphatic rings. The molecule has 0 spiro atoms. The monoisotopic (exact) mass is 174 g/mol. The summed E-state index contributed by atoms with van der Waals surface area (Å²) >= 11 is 1.66. The van der Waals surface area contributed by atoms with E-state index in [2.05, 4.69) is 6.58 Å². The highest BCUT2D eigenvalue weighted by Crippen LogP contribution is 2.18. The molecule has 3 nitrogen and oxygen atoms in total. The Bertz CT molecular complexity index is 152. The molecular formula is C7H10O3S. The minimum atomic E-state index is -0.363. The van der Waals surface area contributed by atoms with Crippen molar-refractivity contribution in [1.29, 1.82) is 0 Å². The first-order valence-electron chi connectivity index (χ1n) is 3.31. The van der Waals surface area contributed by atoms with E-state index < -0.39 is 0 Å². The second-order valence-electron chi connectivity index (χ2n) is 2.11. The summed E-state index contributed by atoms with van der Waals surface area (Å²) < 4.78 is 9.89. The SMILES string of the molecule is C=CC(=O)OCC1COCS1. The third kappa shape index (κ3) is 2.95. The van der Waals surface area contributed by atoms with Gasteiger partial charge in [-0.3, -0.25) is 0 Å². The van der Waals surface area contributed by atoms with E-state index in [1.165, 1.54) is 6.08 Å². The first kappa shape index (κ1) is 8.62. The van der Waals surface area contributed by atoms with Crippen LogP contribution in [0, 0.1) is 0 Å². The van der Waals surface area contributed by atoms with Gasteiger partial charge in [0.1, 0.15) is 6.61 Å². The third-order valence-corrected chi connectivity index (χ3v) is 2.32. The Morgan fingerprint density at radius 1 is 1.91 bits per heavy atom. The van der Waals surface area contributed by atoms with Crippen LogP contribution in [0.25, 0.3) is 0 Å². The summed E-state index contributed by atoms with van der Waals surface area (Å²) in [6.07, 6.45) is 1.17. The summed E-state index contributed by atoms with van der Waals surface area (Å²) in [5.74, 6) is 0.341. The standard InChI is InChI=1S/C7H10O3S/c1-2-7(8)10-4-6-3-9-5-11-6/h2,6H,1,3-5H2. The lowest BCUT2D eigenvalue weighted by atomic mass is 10.5. The molecule has 1 saturated heterocycles. The molecule has 0 N–H and O–H groups in total. The van der Waals surface area contributed by atoms with E-state index in [-0.39, 0.29) is 5.97 Å². The Balaban J connectivity index is 2.10. The van der Waals surface area contributed by atoms with E-state index in [1.54, 1.807) is 11.8 Å². The van der Waals surface area contributed by atoms with Crippen LogP contribution in [-0.4, -0.2) is 30.4 Å². The molecule has 0 bridgehead atoms. The van der Waals surface area contributed by atoms with Gasteiger partial charge in [-0.2, -0.15) is 0 Å². The van der Waals surface area contributed by atoms with Crippen LogP contribution in [0.15, 0.2) is 12.7 Å². The molecule has 1 unspecified atom stereocenters. The number of hydrogen-bond donors (Lipinski definition) is 0. The van der Waals surface area contributed by atoms with Gasteiger partial charge in [-0.15, -0.1) is 11.8 Å². The van der Waals surface area contributed by atoms with Crippen molar-refractivity contribution in [3.8, 4) is 0 Å². The van der Waals surface area contributed by atoms with Crippen molar-refractivity contribution >= 4 is 17.7 Å². The summed E-state index contributed by atoms with van der Waals surface area (Å²) in [6, 6.07) is 0. The van der Waals surface area contributed by atoms with E-state index >= 15 is 0 Å².